The van der Waals surface area contributed by atoms with Crippen molar-refractivity contribution in [1.29, 1.82) is 0 Å². The van der Waals surface area contributed by atoms with E-state index in [0.29, 0.717) is 18.1 Å². The number of aromatic nitrogens is 1. The van der Waals surface area contributed by atoms with Crippen LogP contribution >= 0.6 is 11.3 Å². The lowest BCUT2D eigenvalue weighted by atomic mass is 10.2. The lowest BCUT2D eigenvalue weighted by Gasteiger charge is -2.03. The predicted molar refractivity (Wildman–Crippen MR) is 92.3 cm³/mol. The van der Waals surface area contributed by atoms with Crippen molar-refractivity contribution in [2.75, 3.05) is 12.3 Å². The number of nitrogens with one attached hydrogen (secondary N) is 1. The highest BCUT2D eigenvalue weighted by Gasteiger charge is 2.22. The van der Waals surface area contributed by atoms with Crippen LogP contribution in [0.1, 0.15) is 39.9 Å². The number of nitrogen functional groups attached to an aromatic ring is 1. The number of nitrogens with two attached hydrogens (primary N) is 2. The number of amides is 1. The molecular weight excluding hydrogens is 328 g/mol. The van der Waals surface area contributed by atoms with E-state index < -0.39 is 5.91 Å². The first-order valence-corrected chi connectivity index (χ1v) is 8.32. The molecule has 0 saturated carbocycles. The van der Waals surface area contributed by atoms with Crippen LogP contribution in [0.4, 0.5) is 5.00 Å². The molecule has 1 aliphatic rings. The molecule has 5 N–H and O–H groups in total. The zero-order chi connectivity index (χ0) is 17.4. The third-order valence-electron chi connectivity index (χ3n) is 3.42. The van der Waals surface area contributed by atoms with E-state index in [4.69, 9.17) is 11.5 Å². The van der Waals surface area contributed by atoms with Gasteiger partial charge in [0.25, 0.3) is 12.4 Å². The summed E-state index contributed by atoms with van der Waals surface area (Å²) in [5, 5.41) is 4.58. The van der Waals surface area contributed by atoms with Crippen LogP contribution in [0.15, 0.2) is 30.3 Å². The highest BCUT2D eigenvalue weighted by Crippen LogP contribution is 2.30. The Kier molecular flexibility index (Phi) is 6.71. The second kappa shape index (κ2) is 8.99. The lowest BCUT2D eigenvalue weighted by molar-refractivity contribution is -0.129. The van der Waals surface area contributed by atoms with Crippen LogP contribution in [0.5, 0.6) is 0 Å². The molecule has 0 aliphatic carbocycles. The molecule has 7 nitrogen and oxygen atoms in total. The molecule has 0 radical (unpaired) electrons. The number of anilines is 1. The number of carbonyl (C=O) groups is 2. The molecule has 1 amide bonds. The summed E-state index contributed by atoms with van der Waals surface area (Å²) >= 11 is 1.34. The average Bonchev–Trinajstić information content (AvgIpc) is 3.24. The van der Waals surface area contributed by atoms with Crippen LogP contribution in [0.3, 0.4) is 0 Å². The lowest BCUT2D eigenvalue weighted by Crippen LogP contribution is -2.15. The number of benzene rings is 1. The van der Waals surface area contributed by atoms with Crippen LogP contribution in [0, 0.1) is 0 Å². The molecule has 1 saturated heterocycles. The first kappa shape index (κ1) is 17.9. The summed E-state index contributed by atoms with van der Waals surface area (Å²) in [6.45, 7) is 1.81. The molecule has 1 aliphatic heterocycles. The summed E-state index contributed by atoms with van der Waals surface area (Å²) in [4.78, 5) is 24.8. The van der Waals surface area contributed by atoms with E-state index in [2.05, 4.69) is 15.0 Å². The van der Waals surface area contributed by atoms with Gasteiger partial charge in [0.2, 0.25) is 0 Å². The Balaban J connectivity index is 0.000000185. The van der Waals surface area contributed by atoms with Crippen molar-refractivity contribution in [3.05, 3.63) is 46.6 Å². The van der Waals surface area contributed by atoms with Gasteiger partial charge in [0, 0.05) is 0 Å². The summed E-state index contributed by atoms with van der Waals surface area (Å²) < 4.78 is 4.54. The van der Waals surface area contributed by atoms with E-state index in [1.807, 2.05) is 30.3 Å². The topological polar surface area (TPSA) is 120 Å². The molecule has 1 unspecified atom stereocenters. The molecule has 3 rings (SSSR count). The fourth-order valence-corrected chi connectivity index (χ4v) is 3.22. The van der Waals surface area contributed by atoms with E-state index in [0.717, 1.165) is 30.0 Å². The molecule has 1 aromatic carbocycles. The first-order chi connectivity index (χ1) is 11.6. The number of rotatable bonds is 5. The molecule has 2 aromatic rings. The molecule has 0 spiro atoms. The molecule has 1 fully saturated rings. The Labute approximate surface area is 144 Å². The molecule has 24 heavy (non-hydrogen) atoms. The molecule has 128 valence electrons. The van der Waals surface area contributed by atoms with Gasteiger partial charge in [-0.2, -0.15) is 0 Å². The maximum atomic E-state index is 10.9. The Bertz CT molecular complexity index is 669. The largest absolute Gasteiger partial charge is 0.463 e. The smallest absolute Gasteiger partial charge is 0.293 e. The van der Waals surface area contributed by atoms with Crippen LogP contribution in [-0.4, -0.2) is 23.9 Å². The summed E-state index contributed by atoms with van der Waals surface area (Å²) in [7, 11) is 0. The van der Waals surface area contributed by atoms with Gasteiger partial charge in [0.15, 0.2) is 5.69 Å². The van der Waals surface area contributed by atoms with Gasteiger partial charge < -0.3 is 21.5 Å². The monoisotopic (exact) mass is 348 g/mol. The second-order valence-electron chi connectivity index (χ2n) is 5.17. The van der Waals surface area contributed by atoms with Gasteiger partial charge in [-0.15, -0.1) is 0 Å². The number of primary amides is 1. The van der Waals surface area contributed by atoms with Gasteiger partial charge in [-0.3, -0.25) is 9.59 Å². The van der Waals surface area contributed by atoms with Crippen LogP contribution in [-0.2, 0) is 16.1 Å². The Morgan fingerprint density at radius 2 is 2.17 bits per heavy atom. The fraction of sp³-hybridized carbons (Fsp3) is 0.312. The third-order valence-corrected chi connectivity index (χ3v) is 4.42. The highest BCUT2D eigenvalue weighted by molar-refractivity contribution is 7.16. The van der Waals surface area contributed by atoms with E-state index in [1.54, 1.807) is 0 Å². The minimum atomic E-state index is -0.553. The Morgan fingerprint density at radius 3 is 2.71 bits per heavy atom. The molecule has 2 heterocycles. The minimum Gasteiger partial charge on any atom is -0.463 e. The number of nitrogens with zero attached hydrogens (tertiary/aromatic N) is 1. The third kappa shape index (κ3) is 5.04. The van der Waals surface area contributed by atoms with Crippen molar-refractivity contribution in [2.45, 2.75) is 25.5 Å². The van der Waals surface area contributed by atoms with E-state index in [-0.39, 0.29) is 11.7 Å². The van der Waals surface area contributed by atoms with Gasteiger partial charge in [-0.1, -0.05) is 41.7 Å². The molecule has 1 atom stereocenters. The number of thiazole rings is 1. The number of carbonyl (C=O) groups excluding carboxylic acids is 2. The summed E-state index contributed by atoms with van der Waals surface area (Å²) in [5.74, 6) is -0.553. The standard InChI is InChI=1S/C8H12N4OS.C8H8O2/c9-6(13)5-7(10)14-8(12-5)4-2-1-3-11-4;9-7-10-6-8-4-2-1-3-5-8/h4,11H,1-3,10H2,(H2,9,13);1-5,7H,6H2. The van der Waals surface area contributed by atoms with Crippen molar-refractivity contribution in [3.63, 3.8) is 0 Å². The fourth-order valence-electron chi connectivity index (χ4n) is 2.27. The predicted octanol–water partition coefficient (Wildman–Crippen LogP) is 1.61. The molecule has 0 bridgehead atoms. The van der Waals surface area contributed by atoms with Crippen molar-refractivity contribution in [2.24, 2.45) is 5.73 Å². The van der Waals surface area contributed by atoms with Gasteiger partial charge in [-0.25, -0.2) is 4.98 Å². The maximum absolute atomic E-state index is 10.9. The number of ether oxygens (including phenoxy) is 1. The SMILES string of the molecule is NC(=O)c1nc(C2CCCN2)sc1N.O=COCc1ccccc1. The van der Waals surface area contributed by atoms with Crippen molar-refractivity contribution >= 4 is 28.7 Å². The summed E-state index contributed by atoms with van der Waals surface area (Å²) in [5.41, 5.74) is 12.0. The maximum Gasteiger partial charge on any atom is 0.293 e. The van der Waals surface area contributed by atoms with Gasteiger partial charge in [0.1, 0.15) is 16.6 Å². The van der Waals surface area contributed by atoms with E-state index in [1.165, 1.54) is 11.3 Å². The van der Waals surface area contributed by atoms with Crippen molar-refractivity contribution < 1.29 is 14.3 Å². The quantitative estimate of drug-likeness (QED) is 0.706. The highest BCUT2D eigenvalue weighted by atomic mass is 32.1. The molecule has 1 aromatic heterocycles. The van der Waals surface area contributed by atoms with E-state index in [9.17, 15) is 9.59 Å². The van der Waals surface area contributed by atoms with Gasteiger partial charge in [0.05, 0.1) is 6.04 Å². The zero-order valence-corrected chi connectivity index (χ0v) is 13.9. The van der Waals surface area contributed by atoms with Gasteiger partial charge >= 0.3 is 0 Å². The average molecular weight is 348 g/mol. The Morgan fingerprint density at radius 1 is 1.42 bits per heavy atom. The minimum absolute atomic E-state index is 0.207. The normalized spacial score (nSPS) is 16.1. The van der Waals surface area contributed by atoms with Crippen LogP contribution in [0.2, 0.25) is 0 Å². The summed E-state index contributed by atoms with van der Waals surface area (Å²) in [6, 6.07) is 9.79. The second-order valence-corrected chi connectivity index (χ2v) is 6.23. The van der Waals surface area contributed by atoms with Crippen molar-refractivity contribution in [3.8, 4) is 0 Å². The Hall–Kier alpha value is -2.45. The molecular formula is C16H20N4O3S. The number of hydrogen-bond acceptors (Lipinski definition) is 7. The van der Waals surface area contributed by atoms with Crippen LogP contribution in [0.25, 0.3) is 0 Å². The van der Waals surface area contributed by atoms with Gasteiger partial charge in [-0.05, 0) is 24.9 Å². The summed E-state index contributed by atoms with van der Waals surface area (Å²) in [6.07, 6.45) is 2.18. The van der Waals surface area contributed by atoms with E-state index >= 15 is 0 Å². The zero-order valence-electron chi connectivity index (χ0n) is 13.1. The van der Waals surface area contributed by atoms with Crippen LogP contribution < -0.4 is 16.8 Å². The molecule has 8 heteroatoms. The number of hydrogen-bond donors (Lipinski definition) is 3. The first-order valence-electron chi connectivity index (χ1n) is 7.50. The van der Waals surface area contributed by atoms with Crippen molar-refractivity contribution in [1.82, 2.24) is 10.3 Å².